The average Bonchev–Trinajstić information content (AvgIpc) is 2.39. The van der Waals surface area contributed by atoms with Crippen LogP contribution in [-0.4, -0.2) is 16.8 Å². The molecule has 0 aliphatic carbocycles. The summed E-state index contributed by atoms with van der Waals surface area (Å²) in [4.78, 5) is 27.2. The van der Waals surface area contributed by atoms with E-state index in [2.05, 4.69) is 4.98 Å². The van der Waals surface area contributed by atoms with E-state index in [0.29, 0.717) is 10.9 Å². The number of aryl methyl sites for hydroxylation is 1. The number of anilines is 1. The summed E-state index contributed by atoms with van der Waals surface area (Å²) in [7, 11) is 0. The lowest BCUT2D eigenvalue weighted by atomic mass is 10.0. The van der Waals surface area contributed by atoms with Gasteiger partial charge in [0.2, 0.25) is 5.91 Å². The van der Waals surface area contributed by atoms with Crippen molar-refractivity contribution in [2.24, 2.45) is 11.6 Å². The van der Waals surface area contributed by atoms with Gasteiger partial charge in [-0.3, -0.25) is 20.0 Å². The van der Waals surface area contributed by atoms with Crippen LogP contribution in [0.5, 0.6) is 0 Å². The van der Waals surface area contributed by atoms with E-state index in [1.807, 2.05) is 12.3 Å². The van der Waals surface area contributed by atoms with Crippen LogP contribution in [0, 0.1) is 6.92 Å². The number of hydrogen-bond acceptors (Lipinski definition) is 5. The molecule has 0 atom stereocenters. The molecule has 19 heavy (non-hydrogen) atoms. The fourth-order valence-corrected chi connectivity index (χ4v) is 1.93. The summed E-state index contributed by atoms with van der Waals surface area (Å²) in [6.07, 6.45) is 1.32. The number of primary amides is 1. The molecule has 1 heterocycles. The van der Waals surface area contributed by atoms with Crippen molar-refractivity contribution in [3.63, 3.8) is 0 Å². The van der Waals surface area contributed by atoms with E-state index in [1.165, 1.54) is 6.20 Å². The minimum absolute atomic E-state index is 0.100. The predicted octanol–water partition coefficient (Wildman–Crippen LogP) is -0.172. The van der Waals surface area contributed by atoms with Crippen LogP contribution in [0.2, 0.25) is 0 Å². The van der Waals surface area contributed by atoms with E-state index in [0.717, 1.165) is 5.56 Å². The van der Waals surface area contributed by atoms with Gasteiger partial charge in [0.15, 0.2) is 0 Å². The maximum absolute atomic E-state index is 11.6. The Morgan fingerprint density at radius 3 is 2.53 bits per heavy atom. The normalized spacial score (nSPS) is 10.4. The average molecular weight is 259 g/mol. The SMILES string of the molecule is Cc1ccc(C(N)=O)c2c(N)c(C(=O)NN)cnc12. The largest absolute Gasteiger partial charge is 0.397 e. The standard InChI is InChI=1S/C12H13N5O2/c1-5-2-3-6(11(14)18)8-9(13)7(12(19)17-15)4-16-10(5)8/h2-4H,15H2,1H3,(H2,13,16)(H2,14,18)(H,17,19). The summed E-state index contributed by atoms with van der Waals surface area (Å²) in [5.74, 6) is 3.86. The molecule has 0 aliphatic rings. The highest BCUT2D eigenvalue weighted by atomic mass is 16.2. The van der Waals surface area contributed by atoms with Gasteiger partial charge in [0, 0.05) is 11.6 Å². The Hall–Kier alpha value is -2.67. The summed E-state index contributed by atoms with van der Waals surface area (Å²) >= 11 is 0. The number of carbonyl (C=O) groups excluding carboxylic acids is 2. The molecule has 0 aliphatic heterocycles. The number of nitrogens with one attached hydrogen (secondary N) is 1. The number of carbonyl (C=O) groups is 2. The Bertz CT molecular complexity index is 696. The highest BCUT2D eigenvalue weighted by molar-refractivity contribution is 6.14. The molecule has 2 rings (SSSR count). The van der Waals surface area contributed by atoms with Gasteiger partial charge in [-0.05, 0) is 18.6 Å². The molecule has 0 unspecified atom stereocenters. The van der Waals surface area contributed by atoms with Crippen molar-refractivity contribution < 1.29 is 9.59 Å². The zero-order chi connectivity index (χ0) is 14.2. The second-order valence-electron chi connectivity index (χ2n) is 4.08. The van der Waals surface area contributed by atoms with Gasteiger partial charge in [0.25, 0.3) is 5.91 Å². The highest BCUT2D eigenvalue weighted by Crippen LogP contribution is 2.28. The van der Waals surface area contributed by atoms with Gasteiger partial charge in [-0.1, -0.05) is 6.07 Å². The lowest BCUT2D eigenvalue weighted by molar-refractivity contribution is 0.0952. The number of pyridine rings is 1. The van der Waals surface area contributed by atoms with Crippen LogP contribution >= 0.6 is 0 Å². The molecule has 0 bridgehead atoms. The first-order valence-corrected chi connectivity index (χ1v) is 5.46. The Kier molecular flexibility index (Phi) is 3.05. The number of nitrogen functional groups attached to an aromatic ring is 2. The summed E-state index contributed by atoms with van der Waals surface area (Å²) < 4.78 is 0. The molecule has 2 aromatic rings. The second kappa shape index (κ2) is 4.54. The number of nitrogens with zero attached hydrogens (tertiary/aromatic N) is 1. The zero-order valence-electron chi connectivity index (χ0n) is 10.2. The molecule has 2 amide bonds. The van der Waals surface area contributed by atoms with Crippen LogP contribution in [0.25, 0.3) is 10.9 Å². The molecule has 0 saturated heterocycles. The first-order valence-electron chi connectivity index (χ1n) is 5.46. The zero-order valence-corrected chi connectivity index (χ0v) is 10.2. The molecule has 0 saturated carbocycles. The van der Waals surface area contributed by atoms with Gasteiger partial charge in [0.05, 0.1) is 22.3 Å². The molecule has 1 aromatic heterocycles. The van der Waals surface area contributed by atoms with Gasteiger partial charge in [-0.15, -0.1) is 0 Å². The minimum Gasteiger partial charge on any atom is -0.397 e. The fraction of sp³-hybridized carbons (Fsp3) is 0.0833. The Morgan fingerprint density at radius 1 is 1.26 bits per heavy atom. The predicted molar refractivity (Wildman–Crippen MR) is 71.1 cm³/mol. The summed E-state index contributed by atoms with van der Waals surface area (Å²) in [6, 6.07) is 3.28. The van der Waals surface area contributed by atoms with Gasteiger partial charge < -0.3 is 11.5 Å². The van der Waals surface area contributed by atoms with E-state index in [1.54, 1.807) is 12.1 Å². The van der Waals surface area contributed by atoms with Crippen molar-refractivity contribution in [2.45, 2.75) is 6.92 Å². The molecule has 7 N–H and O–H groups in total. The van der Waals surface area contributed by atoms with Gasteiger partial charge in [-0.25, -0.2) is 5.84 Å². The molecule has 98 valence electrons. The van der Waals surface area contributed by atoms with Crippen LogP contribution in [0.3, 0.4) is 0 Å². The van der Waals surface area contributed by atoms with E-state index in [9.17, 15) is 9.59 Å². The van der Waals surface area contributed by atoms with E-state index in [4.69, 9.17) is 17.3 Å². The third kappa shape index (κ3) is 1.95. The van der Waals surface area contributed by atoms with Crippen LogP contribution < -0.4 is 22.7 Å². The van der Waals surface area contributed by atoms with Crippen LogP contribution in [0.4, 0.5) is 5.69 Å². The third-order valence-electron chi connectivity index (χ3n) is 2.90. The Labute approximate surface area is 108 Å². The quantitative estimate of drug-likeness (QED) is 0.337. The van der Waals surface area contributed by atoms with Crippen LogP contribution in [-0.2, 0) is 0 Å². The van der Waals surface area contributed by atoms with Gasteiger partial charge in [-0.2, -0.15) is 0 Å². The first kappa shape index (κ1) is 12.8. The monoisotopic (exact) mass is 259 g/mol. The number of benzene rings is 1. The van der Waals surface area contributed by atoms with E-state index >= 15 is 0 Å². The number of hydrogen-bond donors (Lipinski definition) is 4. The number of nitrogens with two attached hydrogens (primary N) is 3. The number of amides is 2. The van der Waals surface area contributed by atoms with Crippen molar-refractivity contribution in [3.8, 4) is 0 Å². The Morgan fingerprint density at radius 2 is 1.95 bits per heavy atom. The fourth-order valence-electron chi connectivity index (χ4n) is 1.93. The number of fused-ring (bicyclic) bond motifs is 1. The molecular weight excluding hydrogens is 246 g/mol. The Balaban J connectivity index is 2.90. The van der Waals surface area contributed by atoms with Crippen molar-refractivity contribution in [1.29, 1.82) is 0 Å². The van der Waals surface area contributed by atoms with Crippen molar-refractivity contribution in [3.05, 3.63) is 35.0 Å². The third-order valence-corrected chi connectivity index (χ3v) is 2.90. The molecule has 0 fully saturated rings. The minimum atomic E-state index is -0.635. The summed E-state index contributed by atoms with van der Waals surface area (Å²) in [5, 5.41) is 0.369. The molecule has 7 nitrogen and oxygen atoms in total. The molecular formula is C12H13N5O2. The topological polar surface area (TPSA) is 137 Å². The molecule has 7 heteroatoms. The highest BCUT2D eigenvalue weighted by Gasteiger charge is 2.17. The summed E-state index contributed by atoms with van der Waals surface area (Å²) in [5.41, 5.74) is 15.0. The lowest BCUT2D eigenvalue weighted by Gasteiger charge is -2.11. The smallest absolute Gasteiger partial charge is 0.268 e. The second-order valence-corrected chi connectivity index (χ2v) is 4.08. The first-order chi connectivity index (χ1) is 8.97. The number of hydrazine groups is 1. The number of rotatable bonds is 2. The van der Waals surface area contributed by atoms with Crippen LogP contribution in [0.15, 0.2) is 18.3 Å². The van der Waals surface area contributed by atoms with Crippen molar-refractivity contribution >= 4 is 28.4 Å². The number of aromatic nitrogens is 1. The van der Waals surface area contributed by atoms with Crippen molar-refractivity contribution in [1.82, 2.24) is 10.4 Å². The summed E-state index contributed by atoms with van der Waals surface area (Å²) in [6.45, 7) is 1.82. The molecule has 0 spiro atoms. The van der Waals surface area contributed by atoms with E-state index in [-0.39, 0.29) is 16.8 Å². The van der Waals surface area contributed by atoms with E-state index < -0.39 is 11.8 Å². The van der Waals surface area contributed by atoms with Crippen molar-refractivity contribution in [2.75, 3.05) is 5.73 Å². The van der Waals surface area contributed by atoms with Gasteiger partial charge >= 0.3 is 0 Å². The maximum Gasteiger partial charge on any atom is 0.268 e. The lowest BCUT2D eigenvalue weighted by Crippen LogP contribution is -2.31. The van der Waals surface area contributed by atoms with Gasteiger partial charge in [0.1, 0.15) is 0 Å². The van der Waals surface area contributed by atoms with Crippen LogP contribution in [0.1, 0.15) is 26.3 Å². The molecule has 0 radical (unpaired) electrons. The maximum atomic E-state index is 11.6. The molecule has 1 aromatic carbocycles.